The van der Waals surface area contributed by atoms with Gasteiger partial charge in [-0.1, -0.05) is 24.3 Å². The molecule has 0 bridgehead atoms. The van der Waals surface area contributed by atoms with Gasteiger partial charge >= 0.3 is 0 Å². The molecule has 2 aromatic heterocycles. The third kappa shape index (κ3) is 12.9. The van der Waals surface area contributed by atoms with Crippen molar-refractivity contribution in [2.75, 3.05) is 116 Å². The fourth-order valence-corrected chi connectivity index (χ4v) is 6.35. The lowest BCUT2D eigenvalue weighted by Crippen LogP contribution is -2.16. The molecule has 60 heavy (non-hydrogen) atoms. The van der Waals surface area contributed by atoms with Crippen LogP contribution in [-0.2, 0) is 50.9 Å². The van der Waals surface area contributed by atoms with Crippen molar-refractivity contribution in [2.24, 2.45) is 0 Å². The molecule has 2 aliphatic heterocycles. The number of anilines is 2. The quantitative estimate of drug-likeness (QED) is 0.224. The number of carbonyl (C=O) groups is 2. The largest absolute Gasteiger partial charge is 0.487 e. The molecule has 0 unspecified atom stereocenters. The van der Waals surface area contributed by atoms with Crippen LogP contribution in [0.15, 0.2) is 72.8 Å². The van der Waals surface area contributed by atoms with Crippen LogP contribution >= 0.6 is 0 Å². The summed E-state index contributed by atoms with van der Waals surface area (Å²) >= 11 is 0. The van der Waals surface area contributed by atoms with Crippen LogP contribution in [0.25, 0.3) is 21.8 Å². The fourth-order valence-electron chi connectivity index (χ4n) is 6.35. The highest BCUT2D eigenvalue weighted by Gasteiger charge is 2.15. The van der Waals surface area contributed by atoms with Gasteiger partial charge in [0, 0.05) is 34.3 Å². The second-order valence-corrected chi connectivity index (χ2v) is 13.7. The third-order valence-electron chi connectivity index (χ3n) is 9.20. The highest BCUT2D eigenvalue weighted by molar-refractivity contribution is 6.03. The van der Waals surface area contributed by atoms with E-state index in [2.05, 4.69) is 10.6 Å². The molecule has 16 heteroatoms. The molecular weight excluding hydrogens is 776 g/mol. The standard InChI is InChI=1S/C44H50N4O12/c49-41(45-33-7-9-37-39(27-33)59-25-21-55-17-13-51-11-15-53-19-23-57-37)29-35-5-3-31-1-2-32-4-6-36(48-44(32)43(31)47-35)30-42(50)46-34-8-10-38-40(28-34)60-26-22-56-18-14-52-12-16-54-20-24-58-38/h1-10,27-28H,11-26,29-30H2,(H,45,49)(H,46,50). The first-order chi connectivity index (χ1) is 29.6. The average molecular weight is 827 g/mol. The number of hydrogen-bond acceptors (Lipinski definition) is 14. The number of nitrogens with zero attached hydrogens (tertiary/aromatic N) is 2. The van der Waals surface area contributed by atoms with Crippen molar-refractivity contribution in [1.82, 2.24) is 9.97 Å². The summed E-state index contributed by atoms with van der Waals surface area (Å²) in [6.07, 6.45) is 0.0306. The molecule has 318 valence electrons. The summed E-state index contributed by atoms with van der Waals surface area (Å²) in [5, 5.41) is 7.62. The van der Waals surface area contributed by atoms with E-state index in [9.17, 15) is 9.59 Å². The summed E-state index contributed by atoms with van der Waals surface area (Å²) in [6, 6.07) is 21.9. The number of rotatable bonds is 6. The number of benzene rings is 3. The number of ether oxygens (including phenoxy) is 10. The number of pyridine rings is 2. The lowest BCUT2D eigenvalue weighted by molar-refractivity contribution is -0.116. The molecule has 2 amide bonds. The number of hydrogen-bond donors (Lipinski definition) is 2. The SMILES string of the molecule is O=C(Cc1ccc2ccc3ccc(CC(=O)Nc4ccc5c(c4)OCCOCCOCCOCCO5)nc3c2n1)Nc1ccc2c(c1)OCCOCCOCCOCCO2. The lowest BCUT2D eigenvalue weighted by atomic mass is 10.1. The Bertz CT molecular complexity index is 2040. The number of fused-ring (bicyclic) bond motifs is 5. The number of carbonyl (C=O) groups excluding carboxylic acids is 2. The normalized spacial score (nSPS) is 16.7. The zero-order chi connectivity index (χ0) is 41.2. The molecular formula is C44H50N4O12. The van der Waals surface area contributed by atoms with Crippen molar-refractivity contribution in [3.8, 4) is 23.0 Å². The van der Waals surface area contributed by atoms with Crippen LogP contribution in [0, 0.1) is 0 Å². The molecule has 0 saturated carbocycles. The van der Waals surface area contributed by atoms with Gasteiger partial charge in [0.15, 0.2) is 23.0 Å². The minimum absolute atomic E-state index is 0.0153. The molecule has 16 nitrogen and oxygen atoms in total. The zero-order valence-corrected chi connectivity index (χ0v) is 33.4. The number of aromatic nitrogens is 2. The van der Waals surface area contributed by atoms with Gasteiger partial charge in [-0.3, -0.25) is 9.59 Å². The van der Waals surface area contributed by atoms with Crippen molar-refractivity contribution < 1.29 is 57.0 Å². The summed E-state index contributed by atoms with van der Waals surface area (Å²) in [7, 11) is 0. The molecule has 2 aliphatic rings. The van der Waals surface area contributed by atoms with Crippen LogP contribution in [0.3, 0.4) is 0 Å². The van der Waals surface area contributed by atoms with E-state index in [1.807, 2.05) is 36.4 Å². The molecule has 0 aliphatic carbocycles. The van der Waals surface area contributed by atoms with Gasteiger partial charge in [-0.25, -0.2) is 9.97 Å². The van der Waals surface area contributed by atoms with Crippen LogP contribution < -0.4 is 29.6 Å². The Morgan fingerprint density at radius 2 is 0.717 bits per heavy atom. The predicted octanol–water partition coefficient (Wildman–Crippen LogP) is 4.79. The Hall–Kier alpha value is -5.62. The first-order valence-electron chi connectivity index (χ1n) is 20.1. The highest BCUT2D eigenvalue weighted by Crippen LogP contribution is 2.32. The van der Waals surface area contributed by atoms with Gasteiger partial charge in [0.25, 0.3) is 0 Å². The molecule has 7 rings (SSSR count). The van der Waals surface area contributed by atoms with Crippen molar-refractivity contribution in [3.05, 3.63) is 84.2 Å². The molecule has 0 saturated heterocycles. The number of amides is 2. The first-order valence-corrected chi connectivity index (χ1v) is 20.1. The smallest absolute Gasteiger partial charge is 0.230 e. The van der Waals surface area contributed by atoms with E-state index >= 15 is 0 Å². The van der Waals surface area contributed by atoms with Gasteiger partial charge < -0.3 is 58.0 Å². The second-order valence-electron chi connectivity index (χ2n) is 13.7. The zero-order valence-electron chi connectivity index (χ0n) is 33.4. The van der Waals surface area contributed by atoms with Crippen LogP contribution in [0.5, 0.6) is 23.0 Å². The van der Waals surface area contributed by atoms with Crippen molar-refractivity contribution >= 4 is 45.0 Å². The summed E-state index contributed by atoms with van der Waals surface area (Å²) in [5.74, 6) is 1.50. The van der Waals surface area contributed by atoms with Gasteiger partial charge in [0.05, 0.1) is 115 Å². The maximum Gasteiger partial charge on any atom is 0.230 e. The van der Waals surface area contributed by atoms with Gasteiger partial charge in [-0.15, -0.1) is 0 Å². The third-order valence-corrected chi connectivity index (χ3v) is 9.20. The maximum atomic E-state index is 13.3. The van der Waals surface area contributed by atoms with E-state index in [-0.39, 0.29) is 24.7 Å². The van der Waals surface area contributed by atoms with E-state index < -0.39 is 0 Å². The topological polar surface area (TPSA) is 176 Å². The Morgan fingerprint density at radius 1 is 0.400 bits per heavy atom. The molecule has 5 aromatic rings. The monoisotopic (exact) mass is 826 g/mol. The molecule has 0 fully saturated rings. The first kappa shape index (κ1) is 42.5. The van der Waals surface area contributed by atoms with Crippen LogP contribution in [-0.4, -0.2) is 127 Å². The summed E-state index contributed by atoms with van der Waals surface area (Å²) < 4.78 is 56.9. The second kappa shape index (κ2) is 22.7. The van der Waals surface area contributed by atoms with Gasteiger partial charge in [-0.05, 0) is 36.4 Å². The van der Waals surface area contributed by atoms with Gasteiger partial charge in [-0.2, -0.15) is 0 Å². The highest BCUT2D eigenvalue weighted by atomic mass is 16.6. The van der Waals surface area contributed by atoms with Gasteiger partial charge in [0.2, 0.25) is 11.8 Å². The maximum absolute atomic E-state index is 13.3. The van der Waals surface area contributed by atoms with E-state index in [4.69, 9.17) is 57.3 Å². The van der Waals surface area contributed by atoms with Gasteiger partial charge in [0.1, 0.15) is 26.4 Å². The van der Waals surface area contributed by atoms with Crippen molar-refractivity contribution in [2.45, 2.75) is 12.8 Å². The number of nitrogens with one attached hydrogen (secondary N) is 2. The molecule has 0 atom stereocenters. The molecule has 3 aromatic carbocycles. The van der Waals surface area contributed by atoms with Crippen LogP contribution in [0.2, 0.25) is 0 Å². The molecule has 2 N–H and O–H groups in total. The Kier molecular flexibility index (Phi) is 16.1. The summed E-state index contributed by atoms with van der Waals surface area (Å²) in [4.78, 5) is 36.4. The molecule has 0 radical (unpaired) electrons. The summed E-state index contributed by atoms with van der Waals surface area (Å²) in [6.45, 7) is 6.53. The van der Waals surface area contributed by atoms with E-state index in [0.29, 0.717) is 163 Å². The predicted molar refractivity (Wildman–Crippen MR) is 221 cm³/mol. The summed E-state index contributed by atoms with van der Waals surface area (Å²) in [5.41, 5.74) is 3.47. The lowest BCUT2D eigenvalue weighted by Gasteiger charge is -2.15. The Balaban J connectivity index is 0.994. The van der Waals surface area contributed by atoms with E-state index in [1.165, 1.54) is 0 Å². The molecule has 0 spiro atoms. The van der Waals surface area contributed by atoms with Crippen molar-refractivity contribution in [3.63, 3.8) is 0 Å². The minimum Gasteiger partial charge on any atom is -0.487 e. The van der Waals surface area contributed by atoms with Crippen LogP contribution in [0.4, 0.5) is 11.4 Å². The van der Waals surface area contributed by atoms with Crippen molar-refractivity contribution in [1.29, 1.82) is 0 Å². The minimum atomic E-state index is -0.261. The van der Waals surface area contributed by atoms with Crippen LogP contribution in [0.1, 0.15) is 11.4 Å². The Morgan fingerprint density at radius 3 is 1.08 bits per heavy atom. The molecule has 4 heterocycles. The Labute approximate surface area is 347 Å². The van der Waals surface area contributed by atoms with E-state index in [0.717, 1.165) is 10.8 Å². The van der Waals surface area contributed by atoms with E-state index in [1.54, 1.807) is 36.4 Å². The fraction of sp³-hybridized carbons (Fsp3) is 0.409. The average Bonchev–Trinajstić information content (AvgIpc) is 3.26.